The normalized spacial score (nSPS) is 15.1. The van der Waals surface area contributed by atoms with Crippen molar-refractivity contribution < 1.29 is 9.53 Å². The number of rotatable bonds is 5. The highest BCUT2D eigenvalue weighted by atomic mass is 16.5. The van der Waals surface area contributed by atoms with E-state index in [2.05, 4.69) is 20.2 Å². The SMILES string of the molecule is Cc1ccc(CC(=O)Nc2ccc3nc(CN4CCOCC4)[nH]c3c2)cc1. The highest BCUT2D eigenvalue weighted by molar-refractivity contribution is 5.94. The van der Waals surface area contributed by atoms with Gasteiger partial charge in [-0.15, -0.1) is 0 Å². The lowest BCUT2D eigenvalue weighted by Crippen LogP contribution is -2.35. The van der Waals surface area contributed by atoms with E-state index in [-0.39, 0.29) is 5.91 Å². The van der Waals surface area contributed by atoms with Crippen molar-refractivity contribution in [2.75, 3.05) is 31.6 Å². The van der Waals surface area contributed by atoms with E-state index in [1.165, 1.54) is 5.56 Å². The van der Waals surface area contributed by atoms with Crippen LogP contribution >= 0.6 is 0 Å². The van der Waals surface area contributed by atoms with Crippen LogP contribution in [0.2, 0.25) is 0 Å². The fourth-order valence-corrected chi connectivity index (χ4v) is 3.28. The summed E-state index contributed by atoms with van der Waals surface area (Å²) in [5.41, 5.74) is 4.83. The first-order chi connectivity index (χ1) is 13.2. The zero-order chi connectivity index (χ0) is 18.6. The Hall–Kier alpha value is -2.70. The summed E-state index contributed by atoms with van der Waals surface area (Å²) in [7, 11) is 0. The smallest absolute Gasteiger partial charge is 0.228 e. The lowest BCUT2D eigenvalue weighted by Gasteiger charge is -2.25. The van der Waals surface area contributed by atoms with Crippen LogP contribution < -0.4 is 5.32 Å². The number of morpholine rings is 1. The van der Waals surface area contributed by atoms with E-state index >= 15 is 0 Å². The molecule has 0 saturated carbocycles. The van der Waals surface area contributed by atoms with Gasteiger partial charge in [-0.25, -0.2) is 4.98 Å². The van der Waals surface area contributed by atoms with Crippen molar-refractivity contribution in [1.29, 1.82) is 0 Å². The van der Waals surface area contributed by atoms with Crippen molar-refractivity contribution in [2.45, 2.75) is 19.9 Å². The third-order valence-electron chi connectivity index (χ3n) is 4.78. The summed E-state index contributed by atoms with van der Waals surface area (Å²) < 4.78 is 5.38. The number of carbonyl (C=O) groups is 1. The molecule has 3 aromatic rings. The Morgan fingerprint density at radius 1 is 1.19 bits per heavy atom. The zero-order valence-corrected chi connectivity index (χ0v) is 15.5. The van der Waals surface area contributed by atoms with Gasteiger partial charge in [0, 0.05) is 18.8 Å². The minimum Gasteiger partial charge on any atom is -0.379 e. The van der Waals surface area contributed by atoms with Gasteiger partial charge >= 0.3 is 0 Å². The number of imidazole rings is 1. The van der Waals surface area contributed by atoms with Gasteiger partial charge in [0.2, 0.25) is 5.91 Å². The number of aromatic amines is 1. The maximum Gasteiger partial charge on any atom is 0.228 e. The number of aromatic nitrogens is 2. The maximum absolute atomic E-state index is 12.3. The molecule has 1 aromatic heterocycles. The molecule has 0 radical (unpaired) electrons. The van der Waals surface area contributed by atoms with Crippen molar-refractivity contribution in [2.24, 2.45) is 0 Å². The van der Waals surface area contributed by atoms with E-state index in [9.17, 15) is 4.79 Å². The van der Waals surface area contributed by atoms with Gasteiger partial charge in [-0.05, 0) is 30.7 Å². The van der Waals surface area contributed by atoms with Crippen LogP contribution in [-0.4, -0.2) is 47.1 Å². The predicted octanol–water partition coefficient (Wildman–Crippen LogP) is 2.88. The number of carbonyl (C=O) groups excluding carboxylic acids is 1. The molecule has 1 saturated heterocycles. The number of H-pyrrole nitrogens is 1. The number of hydrogen-bond donors (Lipinski definition) is 2. The number of amides is 1. The first kappa shape index (κ1) is 17.7. The van der Waals surface area contributed by atoms with E-state index in [1.807, 2.05) is 49.4 Å². The summed E-state index contributed by atoms with van der Waals surface area (Å²) in [6.45, 7) is 6.23. The van der Waals surface area contributed by atoms with Crippen LogP contribution in [-0.2, 0) is 22.5 Å². The molecule has 6 nitrogen and oxygen atoms in total. The Balaban J connectivity index is 1.41. The molecule has 1 amide bonds. The Morgan fingerprint density at radius 3 is 2.74 bits per heavy atom. The van der Waals surface area contributed by atoms with Gasteiger partial charge in [0.1, 0.15) is 5.82 Å². The number of aryl methyl sites for hydroxylation is 1. The van der Waals surface area contributed by atoms with Gasteiger partial charge in [-0.3, -0.25) is 9.69 Å². The lowest BCUT2D eigenvalue weighted by atomic mass is 10.1. The molecule has 0 spiro atoms. The summed E-state index contributed by atoms with van der Waals surface area (Å²) in [6, 6.07) is 13.8. The van der Waals surface area contributed by atoms with Gasteiger partial charge in [-0.2, -0.15) is 0 Å². The summed E-state index contributed by atoms with van der Waals surface area (Å²) in [6.07, 6.45) is 0.365. The Kier molecular flexibility index (Phi) is 5.18. The van der Waals surface area contributed by atoms with Crippen LogP contribution in [0.5, 0.6) is 0 Å². The predicted molar refractivity (Wildman–Crippen MR) is 106 cm³/mol. The monoisotopic (exact) mass is 364 g/mol. The summed E-state index contributed by atoms with van der Waals surface area (Å²) >= 11 is 0. The molecule has 2 N–H and O–H groups in total. The number of hydrogen-bond acceptors (Lipinski definition) is 4. The number of benzene rings is 2. The van der Waals surface area contributed by atoms with Gasteiger partial charge < -0.3 is 15.0 Å². The Labute approximate surface area is 158 Å². The number of anilines is 1. The van der Waals surface area contributed by atoms with Crippen LogP contribution in [0.25, 0.3) is 11.0 Å². The highest BCUT2D eigenvalue weighted by Crippen LogP contribution is 2.18. The first-order valence-corrected chi connectivity index (χ1v) is 9.30. The molecule has 0 atom stereocenters. The maximum atomic E-state index is 12.3. The van der Waals surface area contributed by atoms with Gasteiger partial charge in [0.05, 0.1) is 37.2 Å². The van der Waals surface area contributed by atoms with E-state index in [4.69, 9.17) is 4.74 Å². The third-order valence-corrected chi connectivity index (χ3v) is 4.78. The molecule has 0 unspecified atom stereocenters. The molecule has 1 aliphatic rings. The van der Waals surface area contributed by atoms with Gasteiger partial charge in [0.25, 0.3) is 0 Å². The minimum absolute atomic E-state index is 0.0220. The molecule has 1 fully saturated rings. The number of fused-ring (bicyclic) bond motifs is 1. The summed E-state index contributed by atoms with van der Waals surface area (Å²) in [4.78, 5) is 22.7. The largest absolute Gasteiger partial charge is 0.379 e. The van der Waals surface area contributed by atoms with Crippen molar-refractivity contribution in [3.05, 3.63) is 59.4 Å². The van der Waals surface area contributed by atoms with Gasteiger partial charge in [0.15, 0.2) is 0 Å². The average molecular weight is 364 g/mol. The number of nitrogens with one attached hydrogen (secondary N) is 2. The minimum atomic E-state index is -0.0220. The molecule has 0 aliphatic carbocycles. The van der Waals surface area contributed by atoms with Crippen LogP contribution in [0.4, 0.5) is 5.69 Å². The first-order valence-electron chi connectivity index (χ1n) is 9.30. The van der Waals surface area contributed by atoms with Crippen LogP contribution in [0.3, 0.4) is 0 Å². The Bertz CT molecular complexity index is 927. The second-order valence-electron chi connectivity index (χ2n) is 7.01. The topological polar surface area (TPSA) is 70.2 Å². The molecule has 2 heterocycles. The molecule has 1 aliphatic heterocycles. The number of nitrogens with zero attached hydrogens (tertiary/aromatic N) is 2. The zero-order valence-electron chi connectivity index (χ0n) is 15.5. The molecular weight excluding hydrogens is 340 g/mol. The Morgan fingerprint density at radius 2 is 1.96 bits per heavy atom. The van der Waals surface area contributed by atoms with Crippen molar-refractivity contribution in [3.63, 3.8) is 0 Å². The van der Waals surface area contributed by atoms with E-state index in [1.54, 1.807) is 0 Å². The molecule has 27 heavy (non-hydrogen) atoms. The van der Waals surface area contributed by atoms with Gasteiger partial charge in [-0.1, -0.05) is 29.8 Å². The lowest BCUT2D eigenvalue weighted by molar-refractivity contribution is -0.115. The highest BCUT2D eigenvalue weighted by Gasteiger charge is 2.13. The molecular formula is C21H24N4O2. The third kappa shape index (κ3) is 4.53. The van der Waals surface area contributed by atoms with E-state index < -0.39 is 0 Å². The fourth-order valence-electron chi connectivity index (χ4n) is 3.28. The average Bonchev–Trinajstić information content (AvgIpc) is 3.06. The molecule has 2 aromatic carbocycles. The fraction of sp³-hybridized carbons (Fsp3) is 0.333. The van der Waals surface area contributed by atoms with Crippen LogP contribution in [0, 0.1) is 6.92 Å². The van der Waals surface area contributed by atoms with Crippen molar-refractivity contribution in [3.8, 4) is 0 Å². The molecule has 6 heteroatoms. The quantitative estimate of drug-likeness (QED) is 0.730. The van der Waals surface area contributed by atoms with Crippen molar-refractivity contribution >= 4 is 22.6 Å². The number of ether oxygens (including phenoxy) is 1. The van der Waals surface area contributed by atoms with Crippen molar-refractivity contribution in [1.82, 2.24) is 14.9 Å². The van der Waals surface area contributed by atoms with Crippen LogP contribution in [0.15, 0.2) is 42.5 Å². The molecule has 0 bridgehead atoms. The van der Waals surface area contributed by atoms with Crippen LogP contribution in [0.1, 0.15) is 17.0 Å². The standard InChI is InChI=1S/C21H24N4O2/c1-15-2-4-16(5-3-15)12-21(26)22-17-6-7-18-19(13-17)24-20(23-18)14-25-8-10-27-11-9-25/h2-7,13H,8-12,14H2,1H3,(H,22,26)(H,23,24). The second-order valence-corrected chi connectivity index (χ2v) is 7.01. The van der Waals surface area contributed by atoms with E-state index in [0.717, 1.165) is 61.0 Å². The van der Waals surface area contributed by atoms with E-state index in [0.29, 0.717) is 6.42 Å². The summed E-state index contributed by atoms with van der Waals surface area (Å²) in [5.74, 6) is 0.918. The second kappa shape index (κ2) is 7.90. The molecule has 4 rings (SSSR count). The molecule has 140 valence electrons. The summed E-state index contributed by atoms with van der Waals surface area (Å²) in [5, 5.41) is 2.97.